The third kappa shape index (κ3) is 2.15. The average Bonchev–Trinajstić information content (AvgIpc) is 2.44. The van der Waals surface area contributed by atoms with Gasteiger partial charge in [0.25, 0.3) is 0 Å². The lowest BCUT2D eigenvalue weighted by Crippen LogP contribution is -2.29. The van der Waals surface area contributed by atoms with Crippen LogP contribution in [-0.2, 0) is 0 Å². The molecule has 2 aromatic rings. The molecular formula is C15H17N3. The SMILES string of the molecule is CCN(CCN)c1ccc(C#N)c2ccccc12. The van der Waals surface area contributed by atoms with Crippen molar-refractivity contribution in [2.24, 2.45) is 5.73 Å². The summed E-state index contributed by atoms with van der Waals surface area (Å²) in [5, 5.41) is 11.3. The van der Waals surface area contributed by atoms with E-state index in [1.807, 2.05) is 30.3 Å². The van der Waals surface area contributed by atoms with Gasteiger partial charge in [0.1, 0.15) is 0 Å². The van der Waals surface area contributed by atoms with Crippen LogP contribution in [0.4, 0.5) is 5.69 Å². The molecule has 2 N–H and O–H groups in total. The Kier molecular flexibility index (Phi) is 3.81. The van der Waals surface area contributed by atoms with Gasteiger partial charge in [0, 0.05) is 36.1 Å². The van der Waals surface area contributed by atoms with E-state index in [1.54, 1.807) is 0 Å². The van der Waals surface area contributed by atoms with Crippen molar-refractivity contribution < 1.29 is 0 Å². The van der Waals surface area contributed by atoms with E-state index in [0.717, 1.165) is 35.1 Å². The largest absolute Gasteiger partial charge is 0.370 e. The van der Waals surface area contributed by atoms with Gasteiger partial charge in [-0.3, -0.25) is 0 Å². The molecule has 92 valence electrons. The number of nitriles is 1. The topological polar surface area (TPSA) is 53.0 Å². The Hall–Kier alpha value is -2.05. The van der Waals surface area contributed by atoms with Crippen molar-refractivity contribution >= 4 is 16.5 Å². The fourth-order valence-corrected chi connectivity index (χ4v) is 2.26. The molecule has 0 aliphatic carbocycles. The van der Waals surface area contributed by atoms with Crippen molar-refractivity contribution in [3.05, 3.63) is 42.0 Å². The van der Waals surface area contributed by atoms with E-state index >= 15 is 0 Å². The molecule has 0 saturated carbocycles. The van der Waals surface area contributed by atoms with Gasteiger partial charge < -0.3 is 10.6 Å². The van der Waals surface area contributed by atoms with Crippen molar-refractivity contribution in [2.75, 3.05) is 24.5 Å². The lowest BCUT2D eigenvalue weighted by molar-refractivity contribution is 0.820. The minimum Gasteiger partial charge on any atom is -0.370 e. The predicted octanol–water partition coefficient (Wildman–Crippen LogP) is 2.50. The third-order valence-electron chi connectivity index (χ3n) is 3.14. The molecular weight excluding hydrogens is 222 g/mol. The quantitative estimate of drug-likeness (QED) is 0.891. The van der Waals surface area contributed by atoms with Gasteiger partial charge in [0.15, 0.2) is 0 Å². The molecule has 0 unspecified atom stereocenters. The van der Waals surface area contributed by atoms with Gasteiger partial charge in [-0.2, -0.15) is 5.26 Å². The van der Waals surface area contributed by atoms with Gasteiger partial charge in [-0.1, -0.05) is 24.3 Å². The van der Waals surface area contributed by atoms with Crippen molar-refractivity contribution in [1.82, 2.24) is 0 Å². The van der Waals surface area contributed by atoms with E-state index in [9.17, 15) is 0 Å². The first-order valence-electron chi connectivity index (χ1n) is 6.18. The molecule has 0 aromatic heterocycles. The number of nitrogens with two attached hydrogens (primary N) is 1. The number of benzene rings is 2. The van der Waals surface area contributed by atoms with Crippen molar-refractivity contribution in [3.63, 3.8) is 0 Å². The van der Waals surface area contributed by atoms with Gasteiger partial charge in [0.2, 0.25) is 0 Å². The van der Waals surface area contributed by atoms with E-state index in [-0.39, 0.29) is 0 Å². The lowest BCUT2D eigenvalue weighted by atomic mass is 10.0. The summed E-state index contributed by atoms with van der Waals surface area (Å²) in [5.41, 5.74) is 7.52. The zero-order valence-electron chi connectivity index (χ0n) is 10.6. The predicted molar refractivity (Wildman–Crippen MR) is 75.6 cm³/mol. The molecule has 2 aromatic carbocycles. The zero-order valence-corrected chi connectivity index (χ0v) is 10.6. The van der Waals surface area contributed by atoms with E-state index < -0.39 is 0 Å². The van der Waals surface area contributed by atoms with Gasteiger partial charge in [-0.15, -0.1) is 0 Å². The van der Waals surface area contributed by atoms with Crippen LogP contribution in [0, 0.1) is 11.3 Å². The summed E-state index contributed by atoms with van der Waals surface area (Å²) in [6, 6.07) is 14.2. The van der Waals surface area contributed by atoms with Crippen LogP contribution < -0.4 is 10.6 Å². The number of rotatable bonds is 4. The fourth-order valence-electron chi connectivity index (χ4n) is 2.26. The molecule has 18 heavy (non-hydrogen) atoms. The molecule has 0 aliphatic rings. The molecule has 3 heteroatoms. The molecule has 0 heterocycles. The third-order valence-corrected chi connectivity index (χ3v) is 3.14. The first kappa shape index (κ1) is 12.4. The van der Waals surface area contributed by atoms with Crippen LogP contribution in [0.1, 0.15) is 12.5 Å². The first-order valence-corrected chi connectivity index (χ1v) is 6.18. The van der Waals surface area contributed by atoms with Crippen LogP contribution in [0.2, 0.25) is 0 Å². The summed E-state index contributed by atoms with van der Waals surface area (Å²) < 4.78 is 0. The van der Waals surface area contributed by atoms with Crippen LogP contribution in [0.3, 0.4) is 0 Å². The van der Waals surface area contributed by atoms with Gasteiger partial charge in [-0.05, 0) is 19.1 Å². The second kappa shape index (κ2) is 5.52. The van der Waals surface area contributed by atoms with Crippen molar-refractivity contribution in [1.29, 1.82) is 5.26 Å². The summed E-state index contributed by atoms with van der Waals surface area (Å²) in [6.07, 6.45) is 0. The summed E-state index contributed by atoms with van der Waals surface area (Å²) >= 11 is 0. The highest BCUT2D eigenvalue weighted by atomic mass is 15.1. The molecule has 0 atom stereocenters. The average molecular weight is 239 g/mol. The normalized spacial score (nSPS) is 10.3. The van der Waals surface area contributed by atoms with E-state index in [1.165, 1.54) is 0 Å². The summed E-state index contributed by atoms with van der Waals surface area (Å²) in [4.78, 5) is 2.24. The number of fused-ring (bicyclic) bond motifs is 1. The summed E-state index contributed by atoms with van der Waals surface area (Å²) in [6.45, 7) is 4.48. The highest BCUT2D eigenvalue weighted by Gasteiger charge is 2.09. The Morgan fingerprint density at radius 3 is 2.50 bits per heavy atom. The van der Waals surface area contributed by atoms with Crippen molar-refractivity contribution in [3.8, 4) is 6.07 Å². The van der Waals surface area contributed by atoms with Crippen LogP contribution >= 0.6 is 0 Å². The number of likely N-dealkylation sites (N-methyl/N-ethyl adjacent to an activating group) is 1. The standard InChI is InChI=1S/C15H17N3/c1-2-18(10-9-16)15-8-7-12(11-17)13-5-3-4-6-14(13)15/h3-8H,2,9-10,16H2,1H3. The molecule has 0 saturated heterocycles. The monoisotopic (exact) mass is 239 g/mol. The van der Waals surface area contributed by atoms with E-state index in [0.29, 0.717) is 6.54 Å². The van der Waals surface area contributed by atoms with Crippen LogP contribution in [0.5, 0.6) is 0 Å². The first-order chi connectivity index (χ1) is 8.81. The maximum Gasteiger partial charge on any atom is 0.0998 e. The zero-order chi connectivity index (χ0) is 13.0. The number of hydrogen-bond donors (Lipinski definition) is 1. The van der Waals surface area contributed by atoms with E-state index in [4.69, 9.17) is 11.0 Å². The van der Waals surface area contributed by atoms with Gasteiger partial charge >= 0.3 is 0 Å². The molecule has 0 fully saturated rings. The minimum absolute atomic E-state index is 0.627. The van der Waals surface area contributed by atoms with Gasteiger partial charge in [-0.25, -0.2) is 0 Å². The fraction of sp³-hybridized carbons (Fsp3) is 0.267. The maximum atomic E-state index is 9.14. The minimum atomic E-state index is 0.627. The highest BCUT2D eigenvalue weighted by Crippen LogP contribution is 2.29. The number of nitrogens with zero attached hydrogens (tertiary/aromatic N) is 2. The second-order valence-electron chi connectivity index (χ2n) is 4.16. The molecule has 3 nitrogen and oxygen atoms in total. The van der Waals surface area contributed by atoms with Gasteiger partial charge in [0.05, 0.1) is 11.6 Å². The van der Waals surface area contributed by atoms with Crippen LogP contribution in [-0.4, -0.2) is 19.6 Å². The smallest absolute Gasteiger partial charge is 0.0998 e. The lowest BCUT2D eigenvalue weighted by Gasteiger charge is -2.24. The molecule has 0 amide bonds. The van der Waals surface area contributed by atoms with Crippen molar-refractivity contribution in [2.45, 2.75) is 6.92 Å². The second-order valence-corrected chi connectivity index (χ2v) is 4.16. The Morgan fingerprint density at radius 2 is 1.89 bits per heavy atom. The summed E-state index contributed by atoms with van der Waals surface area (Å²) in [7, 11) is 0. The Labute approximate surface area is 107 Å². The maximum absolute atomic E-state index is 9.14. The Morgan fingerprint density at radius 1 is 1.17 bits per heavy atom. The Balaban J connectivity index is 2.62. The highest BCUT2D eigenvalue weighted by molar-refractivity contribution is 5.97. The molecule has 0 aliphatic heterocycles. The molecule has 0 spiro atoms. The van der Waals surface area contributed by atoms with E-state index in [2.05, 4.69) is 24.0 Å². The number of hydrogen-bond acceptors (Lipinski definition) is 3. The molecule has 0 radical (unpaired) electrons. The van der Waals surface area contributed by atoms with Crippen LogP contribution in [0.15, 0.2) is 36.4 Å². The van der Waals surface area contributed by atoms with Crippen LogP contribution in [0.25, 0.3) is 10.8 Å². The number of anilines is 1. The summed E-state index contributed by atoms with van der Waals surface area (Å²) in [5.74, 6) is 0. The Bertz CT molecular complexity index is 584. The molecule has 2 rings (SSSR count). The molecule has 0 bridgehead atoms.